The molecule has 19 heavy (non-hydrogen) atoms. The van der Waals surface area contributed by atoms with Gasteiger partial charge in [-0.3, -0.25) is 14.9 Å². The smallest absolute Gasteiger partial charge is 0.313 e. The number of rotatable bonds is 5. The summed E-state index contributed by atoms with van der Waals surface area (Å²) in [7, 11) is 0. The Hall–Kier alpha value is -1.94. The SMILES string of the molecule is Cc1cnoc1C(=O)Nc1nnc(SCC(=O)O)s1. The van der Waals surface area contributed by atoms with Gasteiger partial charge in [-0.2, -0.15) is 0 Å². The molecule has 0 spiro atoms. The van der Waals surface area contributed by atoms with Crippen LogP contribution in [0.25, 0.3) is 0 Å². The Morgan fingerprint density at radius 3 is 2.95 bits per heavy atom. The summed E-state index contributed by atoms with van der Waals surface area (Å²) in [5.74, 6) is -1.41. The number of nitrogens with zero attached hydrogens (tertiary/aromatic N) is 3. The Labute approximate surface area is 115 Å². The molecule has 2 N–H and O–H groups in total. The lowest BCUT2D eigenvalue weighted by atomic mass is 10.3. The number of nitrogens with one attached hydrogen (secondary N) is 1. The molecule has 10 heteroatoms. The van der Waals surface area contributed by atoms with Crippen LogP contribution in [0.3, 0.4) is 0 Å². The maximum atomic E-state index is 11.8. The number of carbonyl (C=O) groups excluding carboxylic acids is 1. The molecule has 0 aliphatic rings. The molecular weight excluding hydrogens is 292 g/mol. The van der Waals surface area contributed by atoms with E-state index in [1.54, 1.807) is 6.92 Å². The molecule has 0 aliphatic carbocycles. The molecule has 0 radical (unpaired) electrons. The molecule has 2 aromatic rings. The second kappa shape index (κ2) is 5.80. The molecule has 0 fully saturated rings. The highest BCUT2D eigenvalue weighted by Crippen LogP contribution is 2.25. The molecule has 8 nitrogen and oxygen atoms in total. The number of carboxylic acids is 1. The molecule has 0 aliphatic heterocycles. The third kappa shape index (κ3) is 3.51. The van der Waals surface area contributed by atoms with E-state index in [1.807, 2.05) is 0 Å². The van der Waals surface area contributed by atoms with Crippen LogP contribution in [0.4, 0.5) is 5.13 Å². The average Bonchev–Trinajstić information content (AvgIpc) is 2.95. The fraction of sp³-hybridized carbons (Fsp3) is 0.222. The van der Waals surface area contributed by atoms with E-state index in [0.29, 0.717) is 9.90 Å². The fourth-order valence-corrected chi connectivity index (χ4v) is 2.57. The summed E-state index contributed by atoms with van der Waals surface area (Å²) in [5.41, 5.74) is 0.613. The van der Waals surface area contributed by atoms with Crippen molar-refractivity contribution < 1.29 is 19.2 Å². The average molecular weight is 300 g/mol. The molecule has 1 amide bonds. The van der Waals surface area contributed by atoms with Gasteiger partial charge in [0.2, 0.25) is 10.9 Å². The molecular formula is C9H8N4O4S2. The first-order valence-electron chi connectivity index (χ1n) is 4.97. The Kier molecular flexibility index (Phi) is 4.12. The summed E-state index contributed by atoms with van der Waals surface area (Å²) < 4.78 is 5.26. The van der Waals surface area contributed by atoms with Gasteiger partial charge < -0.3 is 9.63 Å². The number of aliphatic carboxylic acids is 1. The predicted octanol–water partition coefficient (Wildman–Crippen LogP) is 1.26. The minimum atomic E-state index is -0.942. The number of thioether (sulfide) groups is 1. The predicted molar refractivity (Wildman–Crippen MR) is 67.5 cm³/mol. The standard InChI is InChI=1S/C9H8N4O4S2/c1-4-2-10-17-6(4)7(16)11-8-12-13-9(19-8)18-3-5(14)15/h2H,3H2,1H3,(H,14,15)(H,11,12,16). The van der Waals surface area contributed by atoms with Crippen molar-refractivity contribution in [3.05, 3.63) is 17.5 Å². The van der Waals surface area contributed by atoms with Gasteiger partial charge in [-0.15, -0.1) is 10.2 Å². The van der Waals surface area contributed by atoms with Gasteiger partial charge >= 0.3 is 5.97 Å². The van der Waals surface area contributed by atoms with E-state index in [9.17, 15) is 9.59 Å². The zero-order valence-corrected chi connectivity index (χ0v) is 11.2. The van der Waals surface area contributed by atoms with Gasteiger partial charge in [0.1, 0.15) is 0 Å². The number of aryl methyl sites for hydroxylation is 1. The molecule has 0 unspecified atom stereocenters. The van der Waals surface area contributed by atoms with Gasteiger partial charge in [0.25, 0.3) is 5.91 Å². The van der Waals surface area contributed by atoms with Gasteiger partial charge in [0, 0.05) is 5.56 Å². The highest BCUT2D eigenvalue weighted by Gasteiger charge is 2.16. The van der Waals surface area contributed by atoms with E-state index in [4.69, 9.17) is 9.63 Å². The van der Waals surface area contributed by atoms with Crippen molar-refractivity contribution in [2.45, 2.75) is 11.3 Å². The topological polar surface area (TPSA) is 118 Å². The number of hydrogen-bond donors (Lipinski definition) is 2. The summed E-state index contributed by atoms with van der Waals surface area (Å²) >= 11 is 2.13. The summed E-state index contributed by atoms with van der Waals surface area (Å²) in [6.45, 7) is 1.69. The molecule has 0 bridgehead atoms. The Morgan fingerprint density at radius 1 is 1.53 bits per heavy atom. The maximum Gasteiger partial charge on any atom is 0.313 e. The van der Waals surface area contributed by atoms with Crippen molar-refractivity contribution in [3.8, 4) is 0 Å². The summed E-state index contributed by atoms with van der Waals surface area (Å²) in [4.78, 5) is 22.2. The van der Waals surface area contributed by atoms with Crippen molar-refractivity contribution >= 4 is 40.1 Å². The minimum Gasteiger partial charge on any atom is -0.481 e. The van der Waals surface area contributed by atoms with Crippen molar-refractivity contribution in [3.63, 3.8) is 0 Å². The molecule has 2 aromatic heterocycles. The monoisotopic (exact) mass is 300 g/mol. The number of carbonyl (C=O) groups is 2. The van der Waals surface area contributed by atoms with Crippen LogP contribution >= 0.6 is 23.1 Å². The van der Waals surface area contributed by atoms with E-state index < -0.39 is 11.9 Å². The van der Waals surface area contributed by atoms with Crippen LogP contribution in [0, 0.1) is 6.92 Å². The zero-order valence-electron chi connectivity index (χ0n) is 9.61. The van der Waals surface area contributed by atoms with E-state index in [0.717, 1.165) is 23.1 Å². The van der Waals surface area contributed by atoms with E-state index in [2.05, 4.69) is 20.7 Å². The van der Waals surface area contributed by atoms with Gasteiger partial charge in [0.15, 0.2) is 4.34 Å². The third-order valence-corrected chi connectivity index (χ3v) is 3.86. The van der Waals surface area contributed by atoms with Crippen LogP contribution in [-0.2, 0) is 4.79 Å². The quantitative estimate of drug-likeness (QED) is 0.626. The molecule has 0 saturated carbocycles. The number of aromatic nitrogens is 3. The summed E-state index contributed by atoms with van der Waals surface area (Å²) in [6, 6.07) is 0. The van der Waals surface area contributed by atoms with Gasteiger partial charge in [-0.1, -0.05) is 28.3 Å². The highest BCUT2D eigenvalue weighted by molar-refractivity contribution is 8.01. The maximum absolute atomic E-state index is 11.8. The van der Waals surface area contributed by atoms with Crippen molar-refractivity contribution in [1.82, 2.24) is 15.4 Å². The Bertz CT molecular complexity index is 609. The first-order valence-corrected chi connectivity index (χ1v) is 6.77. The van der Waals surface area contributed by atoms with Crippen LogP contribution in [0.1, 0.15) is 16.1 Å². The fourth-order valence-electron chi connectivity index (χ4n) is 1.11. The highest BCUT2D eigenvalue weighted by atomic mass is 32.2. The lowest BCUT2D eigenvalue weighted by Gasteiger charge is -1.96. The minimum absolute atomic E-state index is 0.106. The molecule has 100 valence electrons. The summed E-state index contributed by atoms with van der Waals surface area (Å²) in [5, 5.41) is 22.3. The van der Waals surface area contributed by atoms with Gasteiger partial charge in [0.05, 0.1) is 11.9 Å². The van der Waals surface area contributed by atoms with E-state index in [1.165, 1.54) is 6.20 Å². The molecule has 2 rings (SSSR count). The number of carboxylic acid groups (broad SMARTS) is 1. The zero-order chi connectivity index (χ0) is 13.8. The van der Waals surface area contributed by atoms with Crippen LogP contribution in [0.15, 0.2) is 15.1 Å². The van der Waals surface area contributed by atoms with Gasteiger partial charge in [-0.25, -0.2) is 0 Å². The van der Waals surface area contributed by atoms with Crippen LogP contribution < -0.4 is 5.32 Å². The lowest BCUT2D eigenvalue weighted by Crippen LogP contribution is -2.11. The second-order valence-corrected chi connectivity index (χ2v) is 5.55. The van der Waals surface area contributed by atoms with Crippen molar-refractivity contribution in [1.29, 1.82) is 0 Å². The lowest BCUT2D eigenvalue weighted by molar-refractivity contribution is -0.133. The van der Waals surface area contributed by atoms with Crippen LogP contribution in [0.2, 0.25) is 0 Å². The number of anilines is 1. The van der Waals surface area contributed by atoms with Crippen LogP contribution in [-0.4, -0.2) is 38.1 Å². The number of hydrogen-bond acceptors (Lipinski definition) is 8. The van der Waals surface area contributed by atoms with Gasteiger partial charge in [-0.05, 0) is 6.92 Å². The largest absolute Gasteiger partial charge is 0.481 e. The van der Waals surface area contributed by atoms with Crippen molar-refractivity contribution in [2.24, 2.45) is 0 Å². The van der Waals surface area contributed by atoms with Crippen LogP contribution in [0.5, 0.6) is 0 Å². The molecule has 0 saturated heterocycles. The normalized spacial score (nSPS) is 10.4. The van der Waals surface area contributed by atoms with E-state index in [-0.39, 0.29) is 16.6 Å². The molecule has 0 aromatic carbocycles. The Morgan fingerprint density at radius 2 is 2.32 bits per heavy atom. The molecule has 2 heterocycles. The number of amides is 1. The van der Waals surface area contributed by atoms with E-state index >= 15 is 0 Å². The molecule has 0 atom stereocenters. The Balaban J connectivity index is 1.98. The van der Waals surface area contributed by atoms with Crippen molar-refractivity contribution in [2.75, 3.05) is 11.1 Å². The second-order valence-electron chi connectivity index (χ2n) is 3.35. The third-order valence-electron chi connectivity index (χ3n) is 1.90. The first-order chi connectivity index (χ1) is 9.06. The first kappa shape index (κ1) is 13.5. The summed E-state index contributed by atoms with van der Waals surface area (Å²) in [6.07, 6.45) is 1.43.